The number of carbonyl (C=O) groups excluding carboxylic acids is 2. The molecule has 3 N–H and O–H groups in total. The van der Waals surface area contributed by atoms with Gasteiger partial charge in [-0.2, -0.15) is 0 Å². The van der Waals surface area contributed by atoms with Gasteiger partial charge in [0.2, 0.25) is 11.5 Å². The Hall–Kier alpha value is -2.89. The number of aromatic amines is 1. The lowest BCUT2D eigenvalue weighted by molar-refractivity contribution is -0.114. The summed E-state index contributed by atoms with van der Waals surface area (Å²) in [6.45, 7) is 3.26. The van der Waals surface area contributed by atoms with Crippen molar-refractivity contribution < 1.29 is 9.59 Å². The first-order chi connectivity index (χ1) is 9.95. The van der Waals surface area contributed by atoms with Crippen molar-refractivity contribution in [1.82, 2.24) is 4.98 Å². The lowest BCUT2D eigenvalue weighted by Crippen LogP contribution is -2.15. The van der Waals surface area contributed by atoms with Crippen LogP contribution in [0.3, 0.4) is 0 Å². The van der Waals surface area contributed by atoms with E-state index in [0.29, 0.717) is 11.4 Å². The minimum atomic E-state index is -0.368. The highest BCUT2D eigenvalue weighted by atomic mass is 16.2. The highest BCUT2D eigenvalue weighted by Crippen LogP contribution is 2.20. The van der Waals surface area contributed by atoms with Crippen molar-refractivity contribution in [2.45, 2.75) is 13.8 Å². The molecule has 2 amide bonds. The van der Waals surface area contributed by atoms with Gasteiger partial charge in [-0.05, 0) is 36.8 Å². The molecule has 0 saturated heterocycles. The molecule has 21 heavy (non-hydrogen) atoms. The summed E-state index contributed by atoms with van der Waals surface area (Å²) in [4.78, 5) is 36.7. The monoisotopic (exact) mass is 285 g/mol. The number of anilines is 2. The molecule has 0 unspecified atom stereocenters. The van der Waals surface area contributed by atoms with Crippen LogP contribution in [0, 0.1) is 6.92 Å². The van der Waals surface area contributed by atoms with Gasteiger partial charge in [0.25, 0.3) is 5.91 Å². The predicted octanol–water partition coefficient (Wildman–Crippen LogP) is 1.89. The number of pyridine rings is 1. The normalized spacial score (nSPS) is 10.0. The smallest absolute Gasteiger partial charge is 0.255 e. The molecule has 0 fully saturated rings. The predicted molar refractivity (Wildman–Crippen MR) is 80.5 cm³/mol. The van der Waals surface area contributed by atoms with Crippen LogP contribution in [-0.2, 0) is 4.79 Å². The molecule has 0 atom stereocenters. The molecule has 0 aliphatic heterocycles. The second-order valence-electron chi connectivity index (χ2n) is 4.61. The molecular formula is C15H15N3O3. The fourth-order valence-corrected chi connectivity index (χ4v) is 1.86. The van der Waals surface area contributed by atoms with E-state index < -0.39 is 0 Å². The molecule has 0 bridgehead atoms. The van der Waals surface area contributed by atoms with E-state index in [0.717, 1.165) is 5.56 Å². The van der Waals surface area contributed by atoms with Crippen molar-refractivity contribution in [1.29, 1.82) is 0 Å². The van der Waals surface area contributed by atoms with E-state index in [1.165, 1.54) is 25.3 Å². The summed E-state index contributed by atoms with van der Waals surface area (Å²) in [6.07, 6.45) is 1.42. The third-order valence-corrected chi connectivity index (χ3v) is 2.83. The zero-order chi connectivity index (χ0) is 15.4. The molecular weight excluding hydrogens is 270 g/mol. The summed E-state index contributed by atoms with van der Waals surface area (Å²) in [6, 6.07) is 7.90. The zero-order valence-corrected chi connectivity index (χ0v) is 11.7. The van der Waals surface area contributed by atoms with Crippen LogP contribution in [0.25, 0.3) is 0 Å². The maximum Gasteiger partial charge on any atom is 0.255 e. The van der Waals surface area contributed by atoms with Crippen molar-refractivity contribution in [3.05, 3.63) is 58.0 Å². The van der Waals surface area contributed by atoms with E-state index in [-0.39, 0.29) is 22.9 Å². The molecule has 1 aromatic carbocycles. The molecule has 0 aliphatic rings. The maximum atomic E-state index is 12.0. The number of nitrogens with one attached hydrogen (secondary N) is 3. The van der Waals surface area contributed by atoms with Crippen molar-refractivity contribution in [2.24, 2.45) is 0 Å². The number of amides is 2. The Kier molecular flexibility index (Phi) is 4.18. The first kappa shape index (κ1) is 14.5. The van der Waals surface area contributed by atoms with Crippen molar-refractivity contribution >= 4 is 23.2 Å². The summed E-state index contributed by atoms with van der Waals surface area (Å²) < 4.78 is 0. The van der Waals surface area contributed by atoms with Gasteiger partial charge in [-0.15, -0.1) is 0 Å². The molecule has 0 radical (unpaired) electrons. The summed E-state index contributed by atoms with van der Waals surface area (Å²) in [5.74, 6) is -0.522. The Morgan fingerprint density at radius 2 is 1.86 bits per heavy atom. The molecule has 0 saturated carbocycles. The lowest BCUT2D eigenvalue weighted by atomic mass is 10.1. The fourth-order valence-electron chi connectivity index (χ4n) is 1.86. The van der Waals surface area contributed by atoms with Crippen molar-refractivity contribution in [2.75, 3.05) is 10.6 Å². The lowest BCUT2D eigenvalue weighted by Gasteiger charge is -2.10. The number of benzene rings is 1. The first-order valence-corrected chi connectivity index (χ1v) is 6.34. The van der Waals surface area contributed by atoms with Gasteiger partial charge in [0.15, 0.2) is 0 Å². The van der Waals surface area contributed by atoms with E-state index in [1.807, 2.05) is 6.92 Å². The number of hydrogen-bond acceptors (Lipinski definition) is 3. The quantitative estimate of drug-likeness (QED) is 0.804. The van der Waals surface area contributed by atoms with E-state index in [2.05, 4.69) is 15.6 Å². The van der Waals surface area contributed by atoms with Gasteiger partial charge in [0.05, 0.1) is 0 Å². The Balaban J connectivity index is 2.16. The van der Waals surface area contributed by atoms with Crippen molar-refractivity contribution in [3.8, 4) is 0 Å². The van der Waals surface area contributed by atoms with Crippen LogP contribution < -0.4 is 16.2 Å². The molecule has 108 valence electrons. The summed E-state index contributed by atoms with van der Waals surface area (Å²) in [5, 5.41) is 5.40. The van der Waals surface area contributed by atoms with E-state index in [9.17, 15) is 14.4 Å². The van der Waals surface area contributed by atoms with Gasteiger partial charge >= 0.3 is 0 Å². The van der Waals surface area contributed by atoms with Crippen LogP contribution in [0.1, 0.15) is 22.8 Å². The van der Waals surface area contributed by atoms with E-state index in [1.54, 1.807) is 18.2 Å². The molecule has 6 heteroatoms. The number of rotatable bonds is 3. The van der Waals surface area contributed by atoms with Crippen LogP contribution in [0.15, 0.2) is 41.3 Å². The molecule has 0 spiro atoms. The van der Waals surface area contributed by atoms with Crippen LogP contribution in [0.2, 0.25) is 0 Å². The van der Waals surface area contributed by atoms with Crippen molar-refractivity contribution in [3.63, 3.8) is 0 Å². The third-order valence-electron chi connectivity index (χ3n) is 2.83. The highest BCUT2D eigenvalue weighted by Gasteiger charge is 2.08. The number of aromatic nitrogens is 1. The Morgan fingerprint density at radius 1 is 1.10 bits per heavy atom. The zero-order valence-electron chi connectivity index (χ0n) is 11.7. The third kappa shape index (κ3) is 3.79. The molecule has 1 heterocycles. The number of aryl methyl sites for hydroxylation is 1. The maximum absolute atomic E-state index is 12.0. The molecule has 0 aliphatic carbocycles. The second-order valence-corrected chi connectivity index (χ2v) is 4.61. The van der Waals surface area contributed by atoms with Crippen LogP contribution in [-0.4, -0.2) is 16.8 Å². The molecule has 2 aromatic rings. The average molecular weight is 285 g/mol. The molecule has 6 nitrogen and oxygen atoms in total. The minimum absolute atomic E-state index is 0.154. The van der Waals surface area contributed by atoms with Gasteiger partial charge in [-0.25, -0.2) is 0 Å². The summed E-state index contributed by atoms with van der Waals surface area (Å²) in [7, 11) is 0. The fraction of sp³-hybridized carbons (Fsp3) is 0.133. The Morgan fingerprint density at radius 3 is 2.48 bits per heavy atom. The standard InChI is InChI=1S/C15H15N3O3/c1-9-7-12(3-4-13(9)17-10(2)19)18-15(21)11-5-6-16-14(20)8-11/h3-8H,1-2H3,(H,16,20)(H,17,19)(H,18,21). The summed E-state index contributed by atoms with van der Waals surface area (Å²) >= 11 is 0. The topological polar surface area (TPSA) is 91.1 Å². The van der Waals surface area contributed by atoms with Gasteiger partial charge < -0.3 is 15.6 Å². The van der Waals surface area contributed by atoms with Crippen LogP contribution in [0.5, 0.6) is 0 Å². The molecule has 1 aromatic heterocycles. The SMILES string of the molecule is CC(=O)Nc1ccc(NC(=O)c2cc[nH]c(=O)c2)cc1C. The molecule has 2 rings (SSSR count). The largest absolute Gasteiger partial charge is 0.329 e. The van der Waals surface area contributed by atoms with Gasteiger partial charge in [-0.3, -0.25) is 14.4 Å². The number of H-pyrrole nitrogens is 1. The highest BCUT2D eigenvalue weighted by molar-refractivity contribution is 6.04. The van der Waals surface area contributed by atoms with E-state index in [4.69, 9.17) is 0 Å². The van der Waals surface area contributed by atoms with Gasteiger partial charge in [0.1, 0.15) is 0 Å². The Bertz CT molecular complexity index is 750. The van der Waals surface area contributed by atoms with Gasteiger partial charge in [-0.1, -0.05) is 0 Å². The average Bonchev–Trinajstić information content (AvgIpc) is 2.41. The van der Waals surface area contributed by atoms with Gasteiger partial charge in [0, 0.05) is 36.1 Å². The Labute approximate surface area is 121 Å². The van der Waals surface area contributed by atoms with Crippen LogP contribution >= 0.6 is 0 Å². The van der Waals surface area contributed by atoms with E-state index >= 15 is 0 Å². The second kappa shape index (κ2) is 6.04. The summed E-state index contributed by atoms with van der Waals surface area (Å²) in [5.41, 5.74) is 2.06. The number of carbonyl (C=O) groups is 2. The minimum Gasteiger partial charge on any atom is -0.329 e. The number of hydrogen-bond donors (Lipinski definition) is 3. The first-order valence-electron chi connectivity index (χ1n) is 6.34. The van der Waals surface area contributed by atoms with Crippen LogP contribution in [0.4, 0.5) is 11.4 Å².